The summed E-state index contributed by atoms with van der Waals surface area (Å²) in [7, 11) is -2.32. The maximum Gasteiger partial charge on any atom is 0.243 e. The first-order valence-electron chi connectivity index (χ1n) is 10.3. The van der Waals surface area contributed by atoms with Crippen molar-refractivity contribution in [2.45, 2.75) is 43.0 Å². The highest BCUT2D eigenvalue weighted by molar-refractivity contribution is 7.89. The van der Waals surface area contributed by atoms with Crippen molar-refractivity contribution in [2.24, 2.45) is 0 Å². The van der Waals surface area contributed by atoms with E-state index in [0.29, 0.717) is 49.2 Å². The third-order valence-corrected chi connectivity index (χ3v) is 7.56. The fraction of sp³-hybridized carbons (Fsp3) is 0.364. The minimum absolute atomic E-state index is 0.0665. The predicted octanol–water partition coefficient (Wildman–Crippen LogP) is 2.76. The number of hydrogen-bond donors (Lipinski definition) is 2. The summed E-state index contributed by atoms with van der Waals surface area (Å²) in [5, 5.41) is 5.62. The average molecular weight is 444 g/mol. The van der Waals surface area contributed by atoms with Gasteiger partial charge in [-0.25, -0.2) is 8.42 Å². The van der Waals surface area contributed by atoms with E-state index in [1.807, 2.05) is 0 Å². The van der Waals surface area contributed by atoms with E-state index in [1.54, 1.807) is 36.4 Å². The van der Waals surface area contributed by atoms with Gasteiger partial charge in [0.05, 0.1) is 12.0 Å². The molecule has 8 nitrogen and oxygen atoms in total. The van der Waals surface area contributed by atoms with Gasteiger partial charge < -0.3 is 15.4 Å². The number of nitrogens with zero attached hydrogens (tertiary/aromatic N) is 1. The molecule has 2 N–H and O–H groups in total. The summed E-state index contributed by atoms with van der Waals surface area (Å²) in [6.45, 7) is 0.284. The third-order valence-electron chi connectivity index (χ3n) is 5.65. The average Bonchev–Trinajstić information content (AvgIpc) is 3.18. The standard InChI is InChI=1S/C22H25N3O5S/c1-30-17-7-3-6-16(14-17)23-22(27)20-8-4-12-25(20)31(28,29)18-10-11-19-15(13-18)5-2-9-21(26)24-19/h3,6-7,10-11,13-14,20H,2,4-5,8-9,12H2,1H3,(H,23,27)(H,24,26). The van der Waals surface area contributed by atoms with Crippen LogP contribution in [0.3, 0.4) is 0 Å². The number of amides is 2. The first-order valence-corrected chi connectivity index (χ1v) is 11.7. The Morgan fingerprint density at radius 2 is 2.00 bits per heavy atom. The SMILES string of the molecule is COc1cccc(NC(=O)C2CCCN2S(=O)(=O)c2ccc3c(c2)CCCC(=O)N3)c1. The molecule has 2 aromatic carbocycles. The Bertz CT molecular complexity index is 1120. The molecule has 2 amide bonds. The van der Waals surface area contributed by atoms with E-state index >= 15 is 0 Å². The number of hydrogen-bond acceptors (Lipinski definition) is 5. The van der Waals surface area contributed by atoms with Crippen molar-refractivity contribution in [1.29, 1.82) is 0 Å². The minimum atomic E-state index is -3.86. The lowest BCUT2D eigenvalue weighted by atomic mass is 10.1. The Hall–Kier alpha value is -2.91. The number of carbonyl (C=O) groups is 2. The molecule has 9 heteroatoms. The molecule has 1 saturated heterocycles. The largest absolute Gasteiger partial charge is 0.497 e. The first-order chi connectivity index (χ1) is 14.9. The molecule has 2 heterocycles. The normalized spacial score (nSPS) is 19.3. The highest BCUT2D eigenvalue weighted by atomic mass is 32.2. The van der Waals surface area contributed by atoms with Crippen LogP contribution in [0.1, 0.15) is 31.2 Å². The van der Waals surface area contributed by atoms with Crippen LogP contribution < -0.4 is 15.4 Å². The molecule has 0 spiro atoms. The predicted molar refractivity (Wildman–Crippen MR) is 117 cm³/mol. The minimum Gasteiger partial charge on any atom is -0.497 e. The van der Waals surface area contributed by atoms with Gasteiger partial charge in [0, 0.05) is 30.4 Å². The topological polar surface area (TPSA) is 105 Å². The van der Waals surface area contributed by atoms with Gasteiger partial charge in [-0.2, -0.15) is 4.31 Å². The zero-order valence-corrected chi connectivity index (χ0v) is 18.1. The maximum atomic E-state index is 13.4. The monoisotopic (exact) mass is 443 g/mol. The van der Waals surface area contributed by atoms with Gasteiger partial charge in [0.2, 0.25) is 21.8 Å². The summed E-state index contributed by atoms with van der Waals surface area (Å²) in [5.41, 5.74) is 1.99. The second-order valence-electron chi connectivity index (χ2n) is 7.72. The molecule has 2 aliphatic rings. The number of rotatable bonds is 5. The van der Waals surface area contributed by atoms with E-state index in [2.05, 4.69) is 10.6 Å². The summed E-state index contributed by atoms with van der Waals surface area (Å²) in [5.74, 6) is 0.172. The highest BCUT2D eigenvalue weighted by Crippen LogP contribution is 2.31. The molecule has 31 heavy (non-hydrogen) atoms. The van der Waals surface area contributed by atoms with Crippen LogP contribution in [-0.2, 0) is 26.0 Å². The Morgan fingerprint density at radius 3 is 2.81 bits per heavy atom. The van der Waals surface area contributed by atoms with Gasteiger partial charge in [-0.15, -0.1) is 0 Å². The third kappa shape index (κ3) is 4.42. The van der Waals surface area contributed by atoms with Crippen LogP contribution in [0.4, 0.5) is 11.4 Å². The van der Waals surface area contributed by atoms with Gasteiger partial charge in [0.15, 0.2) is 0 Å². The number of nitrogens with one attached hydrogen (secondary N) is 2. The molecule has 1 fully saturated rings. The molecule has 2 aliphatic heterocycles. The highest BCUT2D eigenvalue weighted by Gasteiger charge is 2.39. The molecule has 164 valence electrons. The van der Waals surface area contributed by atoms with Crippen molar-refractivity contribution < 1.29 is 22.7 Å². The first kappa shape index (κ1) is 21.3. The van der Waals surface area contributed by atoms with E-state index in [9.17, 15) is 18.0 Å². The van der Waals surface area contributed by atoms with E-state index < -0.39 is 16.1 Å². The molecular weight excluding hydrogens is 418 g/mol. The fourth-order valence-corrected chi connectivity index (χ4v) is 5.77. The van der Waals surface area contributed by atoms with Crippen molar-refractivity contribution in [3.05, 3.63) is 48.0 Å². The Kier molecular flexibility index (Phi) is 5.97. The molecule has 1 atom stereocenters. The second-order valence-corrected chi connectivity index (χ2v) is 9.61. The van der Waals surface area contributed by atoms with Crippen LogP contribution in [-0.4, -0.2) is 44.2 Å². The van der Waals surface area contributed by atoms with Crippen LogP contribution in [0.5, 0.6) is 5.75 Å². The van der Waals surface area contributed by atoms with Gasteiger partial charge >= 0.3 is 0 Å². The summed E-state index contributed by atoms with van der Waals surface area (Å²) in [6.07, 6.45) is 2.76. The summed E-state index contributed by atoms with van der Waals surface area (Å²) < 4.78 is 33.2. The smallest absolute Gasteiger partial charge is 0.243 e. The van der Waals surface area contributed by atoms with Gasteiger partial charge in [-0.1, -0.05) is 6.07 Å². The van der Waals surface area contributed by atoms with Crippen molar-refractivity contribution >= 4 is 33.2 Å². The van der Waals surface area contributed by atoms with E-state index in [-0.39, 0.29) is 23.3 Å². The molecule has 2 aromatic rings. The number of carbonyl (C=O) groups excluding carboxylic acids is 2. The number of aryl methyl sites for hydroxylation is 1. The van der Waals surface area contributed by atoms with Gasteiger partial charge in [-0.3, -0.25) is 9.59 Å². The molecule has 0 bridgehead atoms. The Morgan fingerprint density at radius 1 is 1.16 bits per heavy atom. The van der Waals surface area contributed by atoms with Crippen molar-refractivity contribution in [1.82, 2.24) is 4.31 Å². The summed E-state index contributed by atoms with van der Waals surface area (Å²) >= 11 is 0. The summed E-state index contributed by atoms with van der Waals surface area (Å²) in [4.78, 5) is 24.8. The van der Waals surface area contributed by atoms with E-state index in [4.69, 9.17) is 4.74 Å². The van der Waals surface area contributed by atoms with Crippen LogP contribution >= 0.6 is 0 Å². The summed E-state index contributed by atoms with van der Waals surface area (Å²) in [6, 6.07) is 10.9. The molecule has 0 aliphatic carbocycles. The number of methoxy groups -OCH3 is 1. The van der Waals surface area contributed by atoms with Crippen LogP contribution in [0.15, 0.2) is 47.4 Å². The lowest BCUT2D eigenvalue weighted by Gasteiger charge is -2.24. The second kappa shape index (κ2) is 8.68. The van der Waals surface area contributed by atoms with Crippen molar-refractivity contribution in [3.63, 3.8) is 0 Å². The Balaban J connectivity index is 1.56. The zero-order valence-electron chi connectivity index (χ0n) is 17.3. The molecule has 4 rings (SSSR count). The van der Waals surface area contributed by atoms with Gasteiger partial charge in [0.1, 0.15) is 11.8 Å². The van der Waals surface area contributed by atoms with Crippen molar-refractivity contribution in [2.75, 3.05) is 24.3 Å². The number of benzene rings is 2. The fourth-order valence-electron chi connectivity index (χ4n) is 4.06. The van der Waals surface area contributed by atoms with Crippen molar-refractivity contribution in [3.8, 4) is 5.75 Å². The number of sulfonamides is 1. The molecule has 1 unspecified atom stereocenters. The number of anilines is 2. The number of ether oxygens (including phenoxy) is 1. The maximum absolute atomic E-state index is 13.4. The van der Waals surface area contributed by atoms with Crippen LogP contribution in [0.25, 0.3) is 0 Å². The molecule has 0 aromatic heterocycles. The number of fused-ring (bicyclic) bond motifs is 1. The van der Waals surface area contributed by atoms with Crippen LogP contribution in [0, 0.1) is 0 Å². The quantitative estimate of drug-likeness (QED) is 0.739. The van der Waals surface area contributed by atoms with Gasteiger partial charge in [-0.05, 0) is 61.6 Å². The van der Waals surface area contributed by atoms with E-state index in [1.165, 1.54) is 17.5 Å². The van der Waals surface area contributed by atoms with E-state index in [0.717, 1.165) is 5.56 Å². The lowest BCUT2D eigenvalue weighted by Crippen LogP contribution is -2.43. The van der Waals surface area contributed by atoms with Gasteiger partial charge in [0.25, 0.3) is 0 Å². The molecule has 0 radical (unpaired) electrons. The Labute approximate surface area is 181 Å². The lowest BCUT2D eigenvalue weighted by molar-refractivity contribution is -0.119. The molecular formula is C22H25N3O5S. The van der Waals surface area contributed by atoms with Crippen LogP contribution in [0.2, 0.25) is 0 Å². The molecule has 0 saturated carbocycles. The zero-order chi connectivity index (χ0) is 22.0.